The van der Waals surface area contributed by atoms with Gasteiger partial charge in [0.1, 0.15) is 0 Å². The van der Waals surface area contributed by atoms with Crippen molar-refractivity contribution in [2.75, 3.05) is 11.5 Å². The number of carbonyl (C=O) groups excluding carboxylic acids is 1. The van der Waals surface area contributed by atoms with Crippen LogP contribution in [0.2, 0.25) is 0 Å². The molecule has 2 aromatic rings. The Morgan fingerprint density at radius 3 is 2.85 bits per heavy atom. The molecule has 1 aromatic carbocycles. The minimum absolute atomic E-state index is 0.466. The normalized spacial score (nSPS) is 10.5. The first-order chi connectivity index (χ1) is 6.24. The van der Waals surface area contributed by atoms with Gasteiger partial charge in [-0.25, -0.2) is 0 Å². The quantitative estimate of drug-likeness (QED) is 0.535. The molecule has 0 radical (unpaired) electrons. The highest BCUT2D eigenvalue weighted by atomic mass is 32.1. The van der Waals surface area contributed by atoms with E-state index in [2.05, 4.69) is 0 Å². The Bertz CT molecular complexity index is 476. The first kappa shape index (κ1) is 8.07. The van der Waals surface area contributed by atoms with Crippen LogP contribution in [0.15, 0.2) is 17.5 Å². The van der Waals surface area contributed by atoms with Gasteiger partial charge in [-0.1, -0.05) is 0 Å². The van der Waals surface area contributed by atoms with E-state index in [1.165, 1.54) is 11.3 Å². The zero-order valence-corrected chi connectivity index (χ0v) is 7.60. The van der Waals surface area contributed by atoms with E-state index in [1.807, 2.05) is 11.4 Å². The van der Waals surface area contributed by atoms with Crippen molar-refractivity contribution in [3.05, 3.63) is 23.1 Å². The molecule has 0 amide bonds. The van der Waals surface area contributed by atoms with E-state index in [-0.39, 0.29) is 0 Å². The fourth-order valence-electron chi connectivity index (χ4n) is 1.30. The van der Waals surface area contributed by atoms with E-state index < -0.39 is 0 Å². The van der Waals surface area contributed by atoms with Gasteiger partial charge in [0.2, 0.25) is 0 Å². The highest BCUT2D eigenvalue weighted by Gasteiger charge is 2.07. The highest BCUT2D eigenvalue weighted by Crippen LogP contribution is 2.32. The van der Waals surface area contributed by atoms with Gasteiger partial charge in [0, 0.05) is 15.6 Å². The van der Waals surface area contributed by atoms with Crippen molar-refractivity contribution in [1.82, 2.24) is 0 Å². The Labute approximate surface area is 79.0 Å². The van der Waals surface area contributed by atoms with Crippen LogP contribution in [0.3, 0.4) is 0 Å². The zero-order chi connectivity index (χ0) is 9.42. The van der Waals surface area contributed by atoms with E-state index in [0.29, 0.717) is 16.9 Å². The van der Waals surface area contributed by atoms with Crippen LogP contribution >= 0.6 is 11.3 Å². The van der Waals surface area contributed by atoms with Gasteiger partial charge in [0.25, 0.3) is 0 Å². The lowest BCUT2D eigenvalue weighted by Gasteiger charge is -2.02. The molecule has 0 aliphatic carbocycles. The van der Waals surface area contributed by atoms with E-state index in [1.54, 1.807) is 6.07 Å². The summed E-state index contributed by atoms with van der Waals surface area (Å²) in [6.45, 7) is 0. The van der Waals surface area contributed by atoms with Gasteiger partial charge >= 0.3 is 0 Å². The smallest absolute Gasteiger partial charge is 0.151 e. The van der Waals surface area contributed by atoms with Gasteiger partial charge in [0.05, 0.1) is 11.4 Å². The molecule has 0 fully saturated rings. The van der Waals surface area contributed by atoms with E-state index in [4.69, 9.17) is 11.5 Å². The van der Waals surface area contributed by atoms with Crippen molar-refractivity contribution < 1.29 is 4.79 Å². The number of thiophene rings is 1. The lowest BCUT2D eigenvalue weighted by Crippen LogP contribution is -1.96. The summed E-state index contributed by atoms with van der Waals surface area (Å²) < 4.78 is 0.904. The monoisotopic (exact) mass is 192 g/mol. The van der Waals surface area contributed by atoms with Crippen LogP contribution in [-0.4, -0.2) is 6.29 Å². The number of nitrogens with two attached hydrogens (primary N) is 2. The molecule has 0 bridgehead atoms. The molecule has 66 valence electrons. The van der Waals surface area contributed by atoms with Gasteiger partial charge in [-0.05, 0) is 17.5 Å². The maximum absolute atomic E-state index is 10.7. The molecule has 1 heterocycles. The summed E-state index contributed by atoms with van der Waals surface area (Å²) >= 11 is 1.49. The van der Waals surface area contributed by atoms with Crippen LogP contribution < -0.4 is 11.5 Å². The Balaban J connectivity index is 2.95. The number of rotatable bonds is 1. The lowest BCUT2D eigenvalue weighted by molar-refractivity contribution is 0.112. The molecule has 0 saturated heterocycles. The zero-order valence-electron chi connectivity index (χ0n) is 6.78. The van der Waals surface area contributed by atoms with Crippen molar-refractivity contribution >= 4 is 39.1 Å². The molecule has 13 heavy (non-hydrogen) atoms. The SMILES string of the molecule is Nc1cc(C=O)c2sccc2c1N. The third-order valence-electron chi connectivity index (χ3n) is 1.97. The van der Waals surface area contributed by atoms with Crippen LogP contribution in [0.25, 0.3) is 10.1 Å². The van der Waals surface area contributed by atoms with E-state index in [0.717, 1.165) is 16.4 Å². The van der Waals surface area contributed by atoms with Crippen molar-refractivity contribution in [2.45, 2.75) is 0 Å². The van der Waals surface area contributed by atoms with Crippen molar-refractivity contribution in [3.63, 3.8) is 0 Å². The van der Waals surface area contributed by atoms with Gasteiger partial charge in [0.15, 0.2) is 6.29 Å². The second kappa shape index (κ2) is 2.74. The standard InChI is InChI=1S/C9H8N2OS/c10-7-3-5(4-12)9-6(8(7)11)1-2-13-9/h1-4H,10-11H2. The van der Waals surface area contributed by atoms with Crippen molar-refractivity contribution in [2.24, 2.45) is 0 Å². The van der Waals surface area contributed by atoms with E-state index >= 15 is 0 Å². The molecule has 4 N–H and O–H groups in total. The largest absolute Gasteiger partial charge is 0.397 e. The van der Waals surface area contributed by atoms with E-state index in [9.17, 15) is 4.79 Å². The molecule has 0 atom stereocenters. The highest BCUT2D eigenvalue weighted by molar-refractivity contribution is 7.17. The lowest BCUT2D eigenvalue weighted by atomic mass is 10.1. The summed E-state index contributed by atoms with van der Waals surface area (Å²) in [6, 6.07) is 3.49. The molecular weight excluding hydrogens is 184 g/mol. The minimum atomic E-state index is 0.466. The molecule has 0 unspecified atom stereocenters. The Morgan fingerprint density at radius 2 is 2.15 bits per heavy atom. The van der Waals surface area contributed by atoms with Crippen LogP contribution in [0, 0.1) is 0 Å². The molecular formula is C9H8N2OS. The Hall–Kier alpha value is -1.55. The molecule has 3 nitrogen and oxygen atoms in total. The van der Waals surface area contributed by atoms with Crippen LogP contribution in [0.4, 0.5) is 11.4 Å². The van der Waals surface area contributed by atoms with Crippen LogP contribution in [0.5, 0.6) is 0 Å². The molecule has 0 spiro atoms. The maximum Gasteiger partial charge on any atom is 0.151 e. The molecule has 1 aromatic heterocycles. The molecule has 4 heteroatoms. The molecule has 0 aliphatic rings. The third kappa shape index (κ3) is 1.07. The second-order valence-corrected chi connectivity index (χ2v) is 3.67. The fourth-order valence-corrected chi connectivity index (χ4v) is 2.19. The number of benzene rings is 1. The Morgan fingerprint density at radius 1 is 1.38 bits per heavy atom. The molecule has 2 rings (SSSR count). The number of carbonyl (C=O) groups is 1. The topological polar surface area (TPSA) is 69.1 Å². The van der Waals surface area contributed by atoms with Gasteiger partial charge in [-0.2, -0.15) is 0 Å². The molecule has 0 aliphatic heterocycles. The minimum Gasteiger partial charge on any atom is -0.397 e. The van der Waals surface area contributed by atoms with Crippen molar-refractivity contribution in [1.29, 1.82) is 0 Å². The summed E-state index contributed by atoms with van der Waals surface area (Å²) in [7, 11) is 0. The van der Waals surface area contributed by atoms with Gasteiger partial charge in [-0.3, -0.25) is 4.79 Å². The Kier molecular flexibility index (Phi) is 1.70. The number of aldehydes is 1. The third-order valence-corrected chi connectivity index (χ3v) is 2.93. The van der Waals surface area contributed by atoms with Gasteiger partial charge < -0.3 is 11.5 Å². The predicted molar refractivity (Wildman–Crippen MR) is 56.0 cm³/mol. The summed E-state index contributed by atoms with van der Waals surface area (Å²) in [5.41, 5.74) is 13.0. The summed E-state index contributed by atoms with van der Waals surface area (Å²) in [5.74, 6) is 0. The summed E-state index contributed by atoms with van der Waals surface area (Å²) in [4.78, 5) is 10.7. The second-order valence-electron chi connectivity index (χ2n) is 2.75. The first-order valence-electron chi connectivity index (χ1n) is 3.74. The number of hydrogen-bond acceptors (Lipinski definition) is 4. The number of hydrogen-bond donors (Lipinski definition) is 2. The van der Waals surface area contributed by atoms with Crippen LogP contribution in [-0.2, 0) is 0 Å². The first-order valence-corrected chi connectivity index (χ1v) is 4.62. The molecule has 0 saturated carbocycles. The van der Waals surface area contributed by atoms with Gasteiger partial charge in [-0.15, -0.1) is 11.3 Å². The maximum atomic E-state index is 10.7. The number of fused-ring (bicyclic) bond motifs is 1. The number of nitrogen functional groups attached to an aromatic ring is 2. The average Bonchev–Trinajstić information content (AvgIpc) is 2.60. The fraction of sp³-hybridized carbons (Fsp3) is 0. The average molecular weight is 192 g/mol. The number of anilines is 2. The van der Waals surface area contributed by atoms with Crippen molar-refractivity contribution in [3.8, 4) is 0 Å². The predicted octanol–water partition coefficient (Wildman–Crippen LogP) is 1.88. The summed E-state index contributed by atoms with van der Waals surface area (Å²) in [5, 5.41) is 2.76. The summed E-state index contributed by atoms with van der Waals surface area (Å²) in [6.07, 6.45) is 0.800. The van der Waals surface area contributed by atoms with Crippen LogP contribution in [0.1, 0.15) is 10.4 Å².